The Morgan fingerprint density at radius 1 is 1.35 bits per heavy atom. The summed E-state index contributed by atoms with van der Waals surface area (Å²) in [6.07, 6.45) is 5.79. The van der Waals surface area contributed by atoms with E-state index in [0.29, 0.717) is 0 Å². The molecular formula is C12H22N2O3. The Morgan fingerprint density at radius 2 is 1.94 bits per heavy atom. The Hall–Kier alpha value is -1.10. The summed E-state index contributed by atoms with van der Waals surface area (Å²) in [5.74, 6) is -1.04. The molecule has 1 aliphatic rings. The van der Waals surface area contributed by atoms with Crippen LogP contribution < -0.4 is 5.73 Å². The van der Waals surface area contributed by atoms with Crippen LogP contribution in [0, 0.1) is 0 Å². The van der Waals surface area contributed by atoms with Gasteiger partial charge in [0, 0.05) is 19.5 Å². The van der Waals surface area contributed by atoms with E-state index in [1.165, 1.54) is 6.42 Å². The lowest BCUT2D eigenvalue weighted by molar-refractivity contribution is -0.138. The van der Waals surface area contributed by atoms with Gasteiger partial charge in [-0.05, 0) is 19.3 Å². The molecule has 0 aliphatic heterocycles. The smallest absolute Gasteiger partial charge is 0.303 e. The monoisotopic (exact) mass is 242 g/mol. The van der Waals surface area contributed by atoms with Gasteiger partial charge in [0.05, 0.1) is 6.04 Å². The number of carboxylic acids is 1. The fourth-order valence-electron chi connectivity index (χ4n) is 2.31. The number of carbonyl (C=O) groups is 2. The lowest BCUT2D eigenvalue weighted by atomic mass is 9.94. The first-order chi connectivity index (χ1) is 8.02. The van der Waals surface area contributed by atoms with Crippen LogP contribution in [0.3, 0.4) is 0 Å². The number of carboxylic acid groups (broad SMARTS) is 1. The minimum Gasteiger partial charge on any atom is -0.481 e. The fourth-order valence-corrected chi connectivity index (χ4v) is 2.31. The Morgan fingerprint density at radius 3 is 2.47 bits per heavy atom. The van der Waals surface area contributed by atoms with Gasteiger partial charge in [0.2, 0.25) is 5.91 Å². The molecule has 1 rings (SSSR count). The first-order valence-electron chi connectivity index (χ1n) is 6.26. The third-order valence-corrected chi connectivity index (χ3v) is 3.46. The minimum absolute atomic E-state index is 0.0502. The molecule has 1 fully saturated rings. The molecule has 1 saturated carbocycles. The van der Waals surface area contributed by atoms with Crippen LogP contribution in [0.1, 0.15) is 44.9 Å². The third-order valence-electron chi connectivity index (χ3n) is 3.46. The zero-order valence-corrected chi connectivity index (χ0v) is 10.4. The van der Waals surface area contributed by atoms with Crippen LogP contribution in [0.2, 0.25) is 0 Å². The molecule has 0 spiro atoms. The number of carbonyl (C=O) groups excluding carboxylic acids is 1. The van der Waals surface area contributed by atoms with Crippen molar-refractivity contribution in [3.05, 3.63) is 0 Å². The van der Waals surface area contributed by atoms with Crippen LogP contribution in [-0.4, -0.2) is 41.0 Å². The number of aliphatic carboxylic acids is 1. The molecule has 3 N–H and O–H groups in total. The van der Waals surface area contributed by atoms with Gasteiger partial charge < -0.3 is 15.7 Å². The van der Waals surface area contributed by atoms with Crippen LogP contribution in [0.5, 0.6) is 0 Å². The molecule has 5 heteroatoms. The van der Waals surface area contributed by atoms with E-state index in [0.717, 1.165) is 25.7 Å². The van der Waals surface area contributed by atoms with E-state index in [4.69, 9.17) is 10.8 Å². The highest BCUT2D eigenvalue weighted by Gasteiger charge is 2.25. The molecule has 0 aromatic carbocycles. The number of likely N-dealkylation sites (N-methyl/N-ethyl adjacent to an activating group) is 1. The van der Waals surface area contributed by atoms with Crippen molar-refractivity contribution in [2.24, 2.45) is 5.73 Å². The standard InChI is InChI=1S/C12H22N2O3/c1-14(9-5-3-2-4-6-9)12(17)10(13)7-8-11(15)16/h9-10H,2-8,13H2,1H3,(H,15,16). The average Bonchev–Trinajstić information content (AvgIpc) is 2.35. The number of rotatable bonds is 5. The van der Waals surface area contributed by atoms with Gasteiger partial charge in [0.25, 0.3) is 0 Å². The Bertz CT molecular complexity index is 275. The van der Waals surface area contributed by atoms with Crippen LogP contribution in [-0.2, 0) is 9.59 Å². The summed E-state index contributed by atoms with van der Waals surface area (Å²) < 4.78 is 0. The predicted molar refractivity (Wildman–Crippen MR) is 64.5 cm³/mol. The maximum atomic E-state index is 12.0. The quantitative estimate of drug-likeness (QED) is 0.752. The maximum absolute atomic E-state index is 12.0. The molecule has 98 valence electrons. The number of nitrogens with zero attached hydrogens (tertiary/aromatic N) is 1. The molecule has 1 unspecified atom stereocenters. The van der Waals surface area contributed by atoms with E-state index in [2.05, 4.69) is 0 Å². The minimum atomic E-state index is -0.909. The summed E-state index contributed by atoms with van der Waals surface area (Å²) in [5.41, 5.74) is 5.72. The van der Waals surface area contributed by atoms with Crippen molar-refractivity contribution in [1.29, 1.82) is 0 Å². The van der Waals surface area contributed by atoms with E-state index >= 15 is 0 Å². The van der Waals surface area contributed by atoms with Crippen LogP contribution in [0.4, 0.5) is 0 Å². The molecule has 1 aliphatic carbocycles. The topological polar surface area (TPSA) is 83.6 Å². The molecule has 1 atom stereocenters. The Labute approximate surface area is 102 Å². The number of amides is 1. The van der Waals surface area contributed by atoms with E-state index in [-0.39, 0.29) is 24.8 Å². The predicted octanol–water partition coefficient (Wildman–Crippen LogP) is 0.970. The molecule has 0 radical (unpaired) electrons. The van der Waals surface area contributed by atoms with Crippen LogP contribution >= 0.6 is 0 Å². The molecule has 0 heterocycles. The summed E-state index contributed by atoms with van der Waals surface area (Å²) >= 11 is 0. The third kappa shape index (κ3) is 4.34. The molecule has 1 amide bonds. The highest BCUT2D eigenvalue weighted by atomic mass is 16.4. The van der Waals surface area contributed by atoms with Crippen molar-refractivity contribution in [1.82, 2.24) is 4.90 Å². The van der Waals surface area contributed by atoms with Crippen molar-refractivity contribution in [3.8, 4) is 0 Å². The summed E-state index contributed by atoms with van der Waals surface area (Å²) in [6, 6.07) is -0.398. The summed E-state index contributed by atoms with van der Waals surface area (Å²) in [6.45, 7) is 0. The lowest BCUT2D eigenvalue weighted by Crippen LogP contribution is -2.47. The van der Waals surface area contributed by atoms with Crippen molar-refractivity contribution in [3.63, 3.8) is 0 Å². The molecule has 0 aromatic rings. The van der Waals surface area contributed by atoms with Gasteiger partial charge in [-0.25, -0.2) is 0 Å². The van der Waals surface area contributed by atoms with Gasteiger partial charge in [0.1, 0.15) is 0 Å². The molecule has 17 heavy (non-hydrogen) atoms. The summed E-state index contributed by atoms with van der Waals surface area (Å²) in [5, 5.41) is 8.55. The highest BCUT2D eigenvalue weighted by molar-refractivity contribution is 5.82. The molecule has 0 bridgehead atoms. The Kier molecular flexibility index (Phi) is 5.41. The second-order valence-electron chi connectivity index (χ2n) is 4.78. The van der Waals surface area contributed by atoms with E-state index < -0.39 is 12.0 Å². The Balaban J connectivity index is 2.41. The number of nitrogens with two attached hydrogens (primary N) is 1. The number of hydrogen-bond donors (Lipinski definition) is 2. The van der Waals surface area contributed by atoms with E-state index in [1.54, 1.807) is 11.9 Å². The van der Waals surface area contributed by atoms with E-state index in [9.17, 15) is 9.59 Å². The van der Waals surface area contributed by atoms with Gasteiger partial charge in [-0.1, -0.05) is 19.3 Å². The summed E-state index contributed by atoms with van der Waals surface area (Å²) in [7, 11) is 1.78. The van der Waals surface area contributed by atoms with Crippen molar-refractivity contribution >= 4 is 11.9 Å². The first kappa shape index (κ1) is 14.0. The second kappa shape index (κ2) is 6.59. The van der Waals surface area contributed by atoms with Crippen LogP contribution in [0.15, 0.2) is 0 Å². The molecule has 5 nitrogen and oxygen atoms in total. The fraction of sp³-hybridized carbons (Fsp3) is 0.833. The van der Waals surface area contributed by atoms with Crippen molar-refractivity contribution in [2.75, 3.05) is 7.05 Å². The van der Waals surface area contributed by atoms with Crippen molar-refractivity contribution < 1.29 is 14.7 Å². The van der Waals surface area contributed by atoms with Crippen molar-refractivity contribution in [2.45, 2.75) is 57.0 Å². The normalized spacial score (nSPS) is 18.7. The SMILES string of the molecule is CN(C(=O)C(N)CCC(=O)O)C1CCCCC1. The average molecular weight is 242 g/mol. The van der Waals surface area contributed by atoms with Gasteiger partial charge in [-0.2, -0.15) is 0 Å². The zero-order chi connectivity index (χ0) is 12.8. The summed E-state index contributed by atoms with van der Waals surface area (Å²) in [4.78, 5) is 24.1. The van der Waals surface area contributed by atoms with Gasteiger partial charge in [-0.15, -0.1) is 0 Å². The molecule has 0 saturated heterocycles. The lowest BCUT2D eigenvalue weighted by Gasteiger charge is -2.32. The maximum Gasteiger partial charge on any atom is 0.303 e. The molecular weight excluding hydrogens is 220 g/mol. The second-order valence-corrected chi connectivity index (χ2v) is 4.78. The van der Waals surface area contributed by atoms with Gasteiger partial charge >= 0.3 is 5.97 Å². The van der Waals surface area contributed by atoms with E-state index in [1.807, 2.05) is 0 Å². The first-order valence-corrected chi connectivity index (χ1v) is 6.26. The molecule has 0 aromatic heterocycles. The highest BCUT2D eigenvalue weighted by Crippen LogP contribution is 2.22. The van der Waals surface area contributed by atoms with Crippen LogP contribution in [0.25, 0.3) is 0 Å². The zero-order valence-electron chi connectivity index (χ0n) is 10.4. The van der Waals surface area contributed by atoms with Gasteiger partial charge in [0.15, 0.2) is 0 Å². The van der Waals surface area contributed by atoms with Gasteiger partial charge in [-0.3, -0.25) is 9.59 Å². The largest absolute Gasteiger partial charge is 0.481 e. The number of hydrogen-bond acceptors (Lipinski definition) is 3.